The van der Waals surface area contributed by atoms with Crippen molar-refractivity contribution in [3.05, 3.63) is 53.1 Å². The molecule has 21 heavy (non-hydrogen) atoms. The molecule has 4 nitrogen and oxygen atoms in total. The minimum absolute atomic E-state index is 0.138. The molecule has 1 aromatic heterocycles. The molecular formula is C16H19FN4. The number of benzene rings is 1. The van der Waals surface area contributed by atoms with Crippen LogP contribution in [0, 0.1) is 24.1 Å². The number of nitriles is 1. The predicted octanol–water partition coefficient (Wildman–Crippen LogP) is 2.94. The molecule has 1 heterocycles. The summed E-state index contributed by atoms with van der Waals surface area (Å²) < 4.78 is 15.7. The van der Waals surface area contributed by atoms with Crippen LogP contribution in [0.25, 0.3) is 0 Å². The van der Waals surface area contributed by atoms with Gasteiger partial charge in [-0.1, -0.05) is 6.07 Å². The number of hydrogen-bond donors (Lipinski definition) is 1. The van der Waals surface area contributed by atoms with Crippen molar-refractivity contribution in [3.63, 3.8) is 0 Å². The van der Waals surface area contributed by atoms with Gasteiger partial charge in [-0.25, -0.2) is 4.39 Å². The van der Waals surface area contributed by atoms with Gasteiger partial charge in [-0.05, 0) is 38.5 Å². The third kappa shape index (κ3) is 3.67. The van der Waals surface area contributed by atoms with Gasteiger partial charge < -0.3 is 5.32 Å². The molecule has 0 radical (unpaired) electrons. The Hall–Kier alpha value is -2.19. The molecule has 0 saturated heterocycles. The van der Waals surface area contributed by atoms with Crippen molar-refractivity contribution in [1.82, 2.24) is 15.1 Å². The van der Waals surface area contributed by atoms with Gasteiger partial charge in [0.25, 0.3) is 0 Å². The molecular weight excluding hydrogens is 267 g/mol. The van der Waals surface area contributed by atoms with Crippen LogP contribution in [0.3, 0.4) is 0 Å². The van der Waals surface area contributed by atoms with E-state index in [0.29, 0.717) is 17.7 Å². The Kier molecular flexibility index (Phi) is 4.71. The van der Waals surface area contributed by atoms with Crippen molar-refractivity contribution in [2.75, 3.05) is 0 Å². The Morgan fingerprint density at radius 3 is 2.76 bits per heavy atom. The van der Waals surface area contributed by atoms with E-state index in [9.17, 15) is 4.39 Å². The molecule has 2 unspecified atom stereocenters. The number of aryl methyl sites for hydroxylation is 1. The summed E-state index contributed by atoms with van der Waals surface area (Å²) in [7, 11) is 0. The number of hydrogen-bond acceptors (Lipinski definition) is 3. The maximum Gasteiger partial charge on any atom is 0.129 e. The summed E-state index contributed by atoms with van der Waals surface area (Å²) >= 11 is 0. The van der Waals surface area contributed by atoms with Gasteiger partial charge in [0.2, 0.25) is 0 Å². The largest absolute Gasteiger partial charge is 0.308 e. The van der Waals surface area contributed by atoms with E-state index in [-0.39, 0.29) is 17.9 Å². The third-order valence-corrected chi connectivity index (χ3v) is 3.67. The molecule has 0 aliphatic heterocycles. The zero-order chi connectivity index (χ0) is 15.4. The molecule has 0 aliphatic rings. The van der Waals surface area contributed by atoms with Crippen LogP contribution in [0.5, 0.6) is 0 Å². The fourth-order valence-corrected chi connectivity index (χ4v) is 2.09. The van der Waals surface area contributed by atoms with E-state index in [1.807, 2.05) is 37.0 Å². The lowest BCUT2D eigenvalue weighted by molar-refractivity contribution is 0.363. The highest BCUT2D eigenvalue weighted by molar-refractivity contribution is 5.32. The van der Waals surface area contributed by atoms with E-state index in [1.54, 1.807) is 12.1 Å². The molecule has 2 atom stereocenters. The maximum atomic E-state index is 13.8. The van der Waals surface area contributed by atoms with Gasteiger partial charge in [0.05, 0.1) is 23.9 Å². The van der Waals surface area contributed by atoms with E-state index in [1.165, 1.54) is 6.07 Å². The molecule has 2 aromatic rings. The van der Waals surface area contributed by atoms with Gasteiger partial charge in [-0.3, -0.25) is 4.68 Å². The van der Waals surface area contributed by atoms with Crippen molar-refractivity contribution in [2.24, 2.45) is 0 Å². The molecule has 0 bridgehead atoms. The maximum absolute atomic E-state index is 13.8. The number of aromatic nitrogens is 2. The summed E-state index contributed by atoms with van der Waals surface area (Å²) in [5.41, 5.74) is 2.02. The summed E-state index contributed by atoms with van der Waals surface area (Å²) in [6, 6.07) is 6.78. The molecule has 1 aromatic carbocycles. The second kappa shape index (κ2) is 6.51. The van der Waals surface area contributed by atoms with Crippen molar-refractivity contribution >= 4 is 0 Å². The first kappa shape index (κ1) is 15.2. The third-order valence-electron chi connectivity index (χ3n) is 3.67. The van der Waals surface area contributed by atoms with Crippen molar-refractivity contribution in [3.8, 4) is 6.07 Å². The average molecular weight is 286 g/mol. The number of halogens is 1. The molecule has 0 saturated carbocycles. The lowest BCUT2D eigenvalue weighted by atomic mass is 10.1. The highest BCUT2D eigenvalue weighted by Gasteiger charge is 2.15. The van der Waals surface area contributed by atoms with E-state index in [0.717, 1.165) is 5.56 Å². The highest BCUT2D eigenvalue weighted by atomic mass is 19.1. The monoisotopic (exact) mass is 286 g/mol. The minimum Gasteiger partial charge on any atom is -0.308 e. The Balaban J connectivity index is 1.98. The number of nitrogens with zero attached hydrogens (tertiary/aromatic N) is 3. The smallest absolute Gasteiger partial charge is 0.129 e. The quantitative estimate of drug-likeness (QED) is 0.919. The van der Waals surface area contributed by atoms with Crippen molar-refractivity contribution in [1.29, 1.82) is 5.26 Å². The van der Waals surface area contributed by atoms with Crippen LogP contribution in [0.1, 0.15) is 36.6 Å². The first-order chi connectivity index (χ1) is 10.0. The first-order valence-corrected chi connectivity index (χ1v) is 6.94. The number of nitrogens with one attached hydrogen (secondary N) is 1. The zero-order valence-electron chi connectivity index (χ0n) is 12.5. The fraction of sp³-hybridized carbons (Fsp3) is 0.375. The zero-order valence-corrected chi connectivity index (χ0v) is 12.5. The van der Waals surface area contributed by atoms with Crippen LogP contribution >= 0.6 is 0 Å². The van der Waals surface area contributed by atoms with Gasteiger partial charge in [0.15, 0.2) is 0 Å². The Morgan fingerprint density at radius 1 is 1.43 bits per heavy atom. The Morgan fingerprint density at radius 2 is 2.19 bits per heavy atom. The Labute approximate surface area is 124 Å². The summed E-state index contributed by atoms with van der Waals surface area (Å²) in [5, 5.41) is 16.3. The van der Waals surface area contributed by atoms with E-state index >= 15 is 0 Å². The molecule has 0 aliphatic carbocycles. The predicted molar refractivity (Wildman–Crippen MR) is 79.1 cm³/mol. The average Bonchev–Trinajstić information content (AvgIpc) is 2.91. The van der Waals surface area contributed by atoms with E-state index < -0.39 is 0 Å². The standard InChI is InChI=1S/C16H19FN4/c1-11-8-20-21(10-11)13(3)12(2)19-9-15-5-4-14(7-18)6-16(15)17/h4-6,8,10,12-13,19H,9H2,1-3H3. The van der Waals surface area contributed by atoms with Crippen LogP contribution in [0.15, 0.2) is 30.6 Å². The summed E-state index contributed by atoms with van der Waals surface area (Å²) in [5.74, 6) is -0.351. The van der Waals surface area contributed by atoms with Gasteiger partial charge in [0.1, 0.15) is 5.82 Å². The summed E-state index contributed by atoms with van der Waals surface area (Å²) in [6.07, 6.45) is 3.81. The molecule has 5 heteroatoms. The van der Waals surface area contributed by atoms with Crippen LogP contribution < -0.4 is 5.32 Å². The first-order valence-electron chi connectivity index (χ1n) is 6.94. The molecule has 0 spiro atoms. The van der Waals surface area contributed by atoms with Crippen LogP contribution in [-0.4, -0.2) is 15.8 Å². The molecule has 0 fully saturated rings. The van der Waals surface area contributed by atoms with E-state index in [2.05, 4.69) is 17.3 Å². The number of rotatable bonds is 5. The topological polar surface area (TPSA) is 53.6 Å². The second-order valence-corrected chi connectivity index (χ2v) is 5.33. The van der Waals surface area contributed by atoms with Crippen LogP contribution in [0.2, 0.25) is 0 Å². The van der Waals surface area contributed by atoms with Gasteiger partial charge in [-0.15, -0.1) is 0 Å². The summed E-state index contributed by atoms with van der Waals surface area (Å²) in [4.78, 5) is 0. The van der Waals surface area contributed by atoms with Gasteiger partial charge in [-0.2, -0.15) is 10.4 Å². The fourth-order valence-electron chi connectivity index (χ4n) is 2.09. The van der Waals surface area contributed by atoms with Gasteiger partial charge in [0, 0.05) is 24.3 Å². The normalized spacial score (nSPS) is 13.7. The van der Waals surface area contributed by atoms with Crippen LogP contribution in [-0.2, 0) is 6.54 Å². The van der Waals surface area contributed by atoms with Gasteiger partial charge >= 0.3 is 0 Å². The minimum atomic E-state index is -0.351. The van der Waals surface area contributed by atoms with Crippen molar-refractivity contribution in [2.45, 2.75) is 39.4 Å². The molecule has 2 rings (SSSR count). The van der Waals surface area contributed by atoms with Crippen molar-refractivity contribution < 1.29 is 4.39 Å². The Bertz CT molecular complexity index is 657. The highest BCUT2D eigenvalue weighted by Crippen LogP contribution is 2.13. The lowest BCUT2D eigenvalue weighted by Crippen LogP contribution is -2.33. The SMILES string of the molecule is Cc1cnn(C(C)C(C)NCc2ccc(C#N)cc2F)c1. The van der Waals surface area contributed by atoms with E-state index in [4.69, 9.17) is 5.26 Å². The molecule has 0 amide bonds. The lowest BCUT2D eigenvalue weighted by Gasteiger charge is -2.22. The molecule has 110 valence electrons. The molecule has 1 N–H and O–H groups in total. The van der Waals surface area contributed by atoms with Crippen LogP contribution in [0.4, 0.5) is 4.39 Å². The summed E-state index contributed by atoms with van der Waals surface area (Å²) in [6.45, 7) is 6.53. The second-order valence-electron chi connectivity index (χ2n) is 5.33.